The molecule has 0 radical (unpaired) electrons. The van der Waals surface area contributed by atoms with Gasteiger partial charge in [-0.2, -0.15) is 0 Å². The van der Waals surface area contributed by atoms with Crippen molar-refractivity contribution in [2.24, 2.45) is 0 Å². The fraction of sp³-hybridized carbons (Fsp3) is 0.250. The first-order valence-electron chi connectivity index (χ1n) is 5.01. The third-order valence-corrected chi connectivity index (χ3v) is 2.98. The van der Waals surface area contributed by atoms with Gasteiger partial charge in [0, 0.05) is 11.3 Å². The van der Waals surface area contributed by atoms with Crippen LogP contribution in [0.15, 0.2) is 24.3 Å². The summed E-state index contributed by atoms with van der Waals surface area (Å²) in [4.78, 5) is 4.23. The molecule has 1 nitrogen and oxygen atoms in total. The molecule has 0 bridgehead atoms. The number of halogens is 3. The molecule has 1 heterocycles. The van der Waals surface area contributed by atoms with Gasteiger partial charge in [0.25, 0.3) is 0 Å². The van der Waals surface area contributed by atoms with Crippen molar-refractivity contribution in [1.29, 1.82) is 0 Å². The molecule has 0 aliphatic carbocycles. The van der Waals surface area contributed by atoms with E-state index in [9.17, 15) is 4.39 Å². The lowest BCUT2D eigenvalue weighted by atomic mass is 10.1. The number of aryl methyl sites for hydroxylation is 1. The van der Waals surface area contributed by atoms with E-state index in [1.54, 1.807) is 6.07 Å². The number of aromatic nitrogens is 1. The van der Waals surface area contributed by atoms with Crippen LogP contribution in [0.5, 0.6) is 0 Å². The Morgan fingerprint density at radius 1 is 1.25 bits per heavy atom. The highest BCUT2D eigenvalue weighted by Gasteiger charge is 2.05. The van der Waals surface area contributed by atoms with Crippen molar-refractivity contribution in [3.05, 3.63) is 40.8 Å². The molecule has 0 saturated heterocycles. The molecule has 0 unspecified atom stereocenters. The van der Waals surface area contributed by atoms with Gasteiger partial charge in [-0.05, 0) is 42.7 Å². The zero-order valence-corrected chi connectivity index (χ0v) is 10.0. The van der Waals surface area contributed by atoms with E-state index in [1.165, 1.54) is 12.1 Å². The van der Waals surface area contributed by atoms with Gasteiger partial charge in [0.1, 0.15) is 11.0 Å². The summed E-state index contributed by atoms with van der Waals surface area (Å²) < 4.78 is 13.0. The maximum Gasteiger partial charge on any atom is 0.132 e. The van der Waals surface area contributed by atoms with Crippen LogP contribution in [0.1, 0.15) is 12.0 Å². The van der Waals surface area contributed by atoms with Crippen molar-refractivity contribution >= 4 is 34.1 Å². The molecule has 2 aromatic rings. The van der Waals surface area contributed by atoms with Gasteiger partial charge in [0.2, 0.25) is 0 Å². The first kappa shape index (κ1) is 11.6. The van der Waals surface area contributed by atoms with Gasteiger partial charge in [-0.15, -0.1) is 11.6 Å². The molecule has 0 fully saturated rings. The monoisotopic (exact) mass is 257 g/mol. The summed E-state index contributed by atoms with van der Waals surface area (Å²) in [5, 5.41) is 1.25. The van der Waals surface area contributed by atoms with E-state index >= 15 is 0 Å². The lowest BCUT2D eigenvalue weighted by Crippen LogP contribution is -1.92. The van der Waals surface area contributed by atoms with Gasteiger partial charge < -0.3 is 0 Å². The molecule has 0 N–H and O–H groups in total. The third-order valence-electron chi connectivity index (χ3n) is 2.38. The summed E-state index contributed by atoms with van der Waals surface area (Å²) in [6.45, 7) is 0. The minimum Gasteiger partial charge on any atom is -0.236 e. The van der Waals surface area contributed by atoms with Crippen LogP contribution in [-0.4, -0.2) is 10.9 Å². The largest absolute Gasteiger partial charge is 0.236 e. The molecule has 0 spiro atoms. The van der Waals surface area contributed by atoms with Gasteiger partial charge in [-0.1, -0.05) is 11.6 Å². The van der Waals surface area contributed by atoms with Gasteiger partial charge >= 0.3 is 0 Å². The van der Waals surface area contributed by atoms with E-state index in [0.29, 0.717) is 16.5 Å². The van der Waals surface area contributed by atoms with E-state index in [-0.39, 0.29) is 5.82 Å². The van der Waals surface area contributed by atoms with Gasteiger partial charge in [-0.25, -0.2) is 9.37 Å². The molecule has 0 amide bonds. The minimum atomic E-state index is -0.264. The number of hydrogen-bond acceptors (Lipinski definition) is 1. The Morgan fingerprint density at radius 2 is 2.06 bits per heavy atom. The first-order chi connectivity index (χ1) is 7.70. The predicted octanol–water partition coefficient (Wildman–Crippen LogP) is 4.20. The molecule has 0 aliphatic rings. The zero-order valence-electron chi connectivity index (χ0n) is 8.51. The van der Waals surface area contributed by atoms with Crippen LogP contribution >= 0.6 is 23.2 Å². The SMILES string of the molecule is Fc1ccc2nc(Cl)c(CCCCl)cc2c1. The molecule has 1 aromatic heterocycles. The van der Waals surface area contributed by atoms with Crippen LogP contribution in [0.25, 0.3) is 10.9 Å². The molecule has 16 heavy (non-hydrogen) atoms. The van der Waals surface area contributed by atoms with Gasteiger partial charge in [0.15, 0.2) is 0 Å². The lowest BCUT2D eigenvalue weighted by Gasteiger charge is -2.05. The summed E-state index contributed by atoms with van der Waals surface area (Å²) in [6, 6.07) is 6.34. The second-order valence-corrected chi connectivity index (χ2v) is 4.30. The molecule has 4 heteroatoms. The molecule has 0 aliphatic heterocycles. The molecule has 2 rings (SSSR count). The van der Waals surface area contributed by atoms with Gasteiger partial charge in [0.05, 0.1) is 5.52 Å². The number of nitrogens with zero attached hydrogens (tertiary/aromatic N) is 1. The number of benzene rings is 1. The van der Waals surface area contributed by atoms with Gasteiger partial charge in [-0.3, -0.25) is 0 Å². The Morgan fingerprint density at radius 3 is 2.81 bits per heavy atom. The maximum absolute atomic E-state index is 13.0. The fourth-order valence-corrected chi connectivity index (χ4v) is 1.97. The Kier molecular flexibility index (Phi) is 3.62. The number of hydrogen-bond donors (Lipinski definition) is 0. The van der Waals surface area contributed by atoms with Crippen molar-refractivity contribution in [3.63, 3.8) is 0 Å². The average molecular weight is 258 g/mol. The minimum absolute atomic E-state index is 0.264. The van der Waals surface area contributed by atoms with E-state index in [4.69, 9.17) is 23.2 Å². The van der Waals surface area contributed by atoms with Crippen molar-refractivity contribution in [2.75, 3.05) is 5.88 Å². The van der Waals surface area contributed by atoms with Crippen molar-refractivity contribution in [2.45, 2.75) is 12.8 Å². The van der Waals surface area contributed by atoms with Crippen LogP contribution in [0.3, 0.4) is 0 Å². The summed E-state index contributed by atoms with van der Waals surface area (Å²) in [5.74, 6) is 0.317. The number of alkyl halides is 1. The summed E-state index contributed by atoms with van der Waals surface area (Å²) in [6.07, 6.45) is 1.60. The standard InChI is InChI=1S/C12H10Cl2FN/c13-5-1-2-8-6-9-7-10(15)3-4-11(9)16-12(8)14/h3-4,6-7H,1-2,5H2. The van der Waals surface area contributed by atoms with E-state index in [2.05, 4.69) is 4.98 Å². The quantitative estimate of drug-likeness (QED) is 0.594. The normalized spacial score (nSPS) is 10.9. The molecular weight excluding hydrogens is 248 g/mol. The smallest absolute Gasteiger partial charge is 0.132 e. The molecule has 0 atom stereocenters. The molecule has 84 valence electrons. The Bertz CT molecular complexity index is 514. The van der Waals surface area contributed by atoms with Crippen molar-refractivity contribution < 1.29 is 4.39 Å². The summed E-state index contributed by atoms with van der Waals surface area (Å²) >= 11 is 11.7. The Hall–Kier alpha value is -0.860. The number of fused-ring (bicyclic) bond motifs is 1. The Balaban J connectivity index is 2.46. The van der Waals surface area contributed by atoms with Crippen LogP contribution in [-0.2, 0) is 6.42 Å². The highest BCUT2D eigenvalue weighted by Crippen LogP contribution is 2.22. The maximum atomic E-state index is 13.0. The predicted molar refractivity (Wildman–Crippen MR) is 65.8 cm³/mol. The molecule has 1 aromatic carbocycles. The average Bonchev–Trinajstić information content (AvgIpc) is 2.27. The highest BCUT2D eigenvalue weighted by atomic mass is 35.5. The van der Waals surface area contributed by atoms with E-state index < -0.39 is 0 Å². The highest BCUT2D eigenvalue weighted by molar-refractivity contribution is 6.30. The molecule has 0 saturated carbocycles. The zero-order chi connectivity index (χ0) is 11.5. The Labute approximate surface area is 103 Å². The lowest BCUT2D eigenvalue weighted by molar-refractivity contribution is 0.629. The van der Waals surface area contributed by atoms with E-state index in [1.807, 2.05) is 6.07 Å². The van der Waals surface area contributed by atoms with Crippen LogP contribution < -0.4 is 0 Å². The third kappa shape index (κ3) is 2.45. The fourth-order valence-electron chi connectivity index (χ4n) is 1.60. The second kappa shape index (κ2) is 4.98. The molecular formula is C12H10Cl2FN. The van der Waals surface area contributed by atoms with Crippen LogP contribution in [0.2, 0.25) is 5.15 Å². The number of pyridine rings is 1. The van der Waals surface area contributed by atoms with E-state index in [0.717, 1.165) is 23.8 Å². The van der Waals surface area contributed by atoms with Crippen molar-refractivity contribution in [1.82, 2.24) is 4.98 Å². The van der Waals surface area contributed by atoms with Crippen molar-refractivity contribution in [3.8, 4) is 0 Å². The summed E-state index contributed by atoms with van der Waals surface area (Å²) in [5.41, 5.74) is 1.63. The first-order valence-corrected chi connectivity index (χ1v) is 5.92. The van der Waals surface area contributed by atoms with Crippen LogP contribution in [0, 0.1) is 5.82 Å². The second-order valence-electron chi connectivity index (χ2n) is 3.57. The van der Waals surface area contributed by atoms with Crippen LogP contribution in [0.4, 0.5) is 4.39 Å². The number of rotatable bonds is 3. The topological polar surface area (TPSA) is 12.9 Å². The summed E-state index contributed by atoms with van der Waals surface area (Å²) in [7, 11) is 0.